The van der Waals surface area contributed by atoms with Gasteiger partial charge in [0.15, 0.2) is 0 Å². The van der Waals surface area contributed by atoms with E-state index in [1.807, 2.05) is 37.3 Å². The molecule has 34 heavy (non-hydrogen) atoms. The minimum absolute atomic E-state index is 0.344. The van der Waals surface area contributed by atoms with Gasteiger partial charge in [0, 0.05) is 18.8 Å². The number of hydrogen-bond donors (Lipinski definition) is 0. The molecule has 0 spiro atoms. The smallest absolute Gasteiger partial charge is 0.338 e. The fraction of sp³-hybridized carbons (Fsp3) is 0.269. The van der Waals surface area contributed by atoms with Crippen molar-refractivity contribution in [2.45, 2.75) is 13.8 Å². The average Bonchev–Trinajstić information content (AvgIpc) is 2.88. The predicted octanol–water partition coefficient (Wildman–Crippen LogP) is 6.84. The summed E-state index contributed by atoms with van der Waals surface area (Å²) in [7, 11) is 0. The normalized spacial score (nSPS) is 14.1. The molecule has 0 aromatic heterocycles. The first-order valence-electron chi connectivity index (χ1n) is 11.3. The standard InChI is InChI=1S/C26H27N5O3/c1-3-34-26(32)20-4-6-21(7-5-20)27-29-23-10-13-25(19(2)18-23)30-28-22-8-11-24(12-9-22)31-14-16-33-17-15-31/h4-13,18H,3,14-17H2,1-2H3. The lowest BCUT2D eigenvalue weighted by molar-refractivity contribution is 0.0526. The number of rotatable bonds is 7. The van der Waals surface area contributed by atoms with Gasteiger partial charge < -0.3 is 14.4 Å². The Balaban J connectivity index is 1.38. The molecule has 0 aliphatic carbocycles. The summed E-state index contributed by atoms with van der Waals surface area (Å²) >= 11 is 0. The topological polar surface area (TPSA) is 88.2 Å². The molecule has 4 rings (SSSR count). The first-order chi connectivity index (χ1) is 16.6. The van der Waals surface area contributed by atoms with E-state index in [0.29, 0.717) is 23.5 Å². The Morgan fingerprint density at radius 1 is 0.853 bits per heavy atom. The molecule has 1 aliphatic rings. The first-order valence-corrected chi connectivity index (χ1v) is 11.3. The summed E-state index contributed by atoms with van der Waals surface area (Å²) in [6.07, 6.45) is 0. The molecule has 0 radical (unpaired) electrons. The molecular weight excluding hydrogens is 430 g/mol. The summed E-state index contributed by atoms with van der Waals surface area (Å²) in [6.45, 7) is 7.42. The molecule has 174 valence electrons. The Labute approximate surface area is 199 Å². The van der Waals surface area contributed by atoms with Gasteiger partial charge >= 0.3 is 5.97 Å². The van der Waals surface area contributed by atoms with Gasteiger partial charge in [-0.15, -0.1) is 0 Å². The quantitative estimate of drug-likeness (QED) is 0.287. The van der Waals surface area contributed by atoms with Crippen molar-refractivity contribution in [2.75, 3.05) is 37.8 Å². The highest BCUT2D eigenvalue weighted by Crippen LogP contribution is 2.28. The van der Waals surface area contributed by atoms with E-state index in [9.17, 15) is 4.79 Å². The van der Waals surface area contributed by atoms with Gasteiger partial charge in [-0.1, -0.05) is 0 Å². The highest BCUT2D eigenvalue weighted by atomic mass is 16.5. The third-order valence-electron chi connectivity index (χ3n) is 5.34. The molecule has 3 aromatic carbocycles. The number of benzene rings is 3. The number of esters is 1. The number of anilines is 1. The van der Waals surface area contributed by atoms with E-state index in [-0.39, 0.29) is 5.97 Å². The van der Waals surface area contributed by atoms with E-state index in [4.69, 9.17) is 9.47 Å². The van der Waals surface area contributed by atoms with Crippen molar-refractivity contribution < 1.29 is 14.3 Å². The minimum Gasteiger partial charge on any atom is -0.462 e. The van der Waals surface area contributed by atoms with Crippen molar-refractivity contribution in [3.8, 4) is 0 Å². The maximum absolute atomic E-state index is 11.7. The summed E-state index contributed by atoms with van der Waals surface area (Å²) in [5.74, 6) is -0.348. The van der Waals surface area contributed by atoms with E-state index in [0.717, 1.165) is 43.2 Å². The SMILES string of the molecule is CCOC(=O)c1ccc(N=Nc2ccc(N=Nc3ccc(N4CCOCC4)cc3)c(C)c2)cc1. The van der Waals surface area contributed by atoms with Crippen molar-refractivity contribution in [1.29, 1.82) is 0 Å². The molecule has 0 N–H and O–H groups in total. The van der Waals surface area contributed by atoms with Crippen LogP contribution in [0.3, 0.4) is 0 Å². The van der Waals surface area contributed by atoms with Crippen LogP contribution in [0, 0.1) is 6.92 Å². The Morgan fingerprint density at radius 2 is 1.44 bits per heavy atom. The predicted molar refractivity (Wildman–Crippen MR) is 131 cm³/mol. The van der Waals surface area contributed by atoms with Gasteiger partial charge in [0.05, 0.1) is 48.1 Å². The number of azo groups is 2. The van der Waals surface area contributed by atoms with Gasteiger partial charge in [-0.05, 0) is 86.1 Å². The zero-order valence-corrected chi connectivity index (χ0v) is 19.3. The summed E-state index contributed by atoms with van der Waals surface area (Å²) in [4.78, 5) is 14.0. The van der Waals surface area contributed by atoms with Crippen molar-refractivity contribution in [3.63, 3.8) is 0 Å². The van der Waals surface area contributed by atoms with Crippen LogP contribution in [0.1, 0.15) is 22.8 Å². The zero-order valence-electron chi connectivity index (χ0n) is 19.3. The summed E-state index contributed by atoms with van der Waals surface area (Å²) in [5, 5.41) is 17.3. The van der Waals surface area contributed by atoms with Crippen LogP contribution in [0.15, 0.2) is 87.2 Å². The molecule has 0 atom stereocenters. The average molecular weight is 458 g/mol. The largest absolute Gasteiger partial charge is 0.462 e. The Kier molecular flexibility index (Phi) is 7.72. The second kappa shape index (κ2) is 11.3. The Bertz CT molecular complexity index is 1170. The second-order valence-corrected chi connectivity index (χ2v) is 7.75. The third kappa shape index (κ3) is 6.11. The van der Waals surface area contributed by atoms with E-state index in [1.54, 1.807) is 31.2 Å². The number of hydrogen-bond acceptors (Lipinski definition) is 8. The summed E-state index contributed by atoms with van der Waals surface area (Å²) < 4.78 is 10.4. The van der Waals surface area contributed by atoms with Gasteiger partial charge in [0.25, 0.3) is 0 Å². The van der Waals surface area contributed by atoms with Crippen molar-refractivity contribution >= 4 is 34.4 Å². The number of nitrogens with zero attached hydrogens (tertiary/aromatic N) is 5. The Hall–Kier alpha value is -3.91. The molecule has 0 amide bonds. The molecule has 1 heterocycles. The fourth-order valence-corrected chi connectivity index (χ4v) is 3.47. The summed E-state index contributed by atoms with van der Waals surface area (Å²) in [5.41, 5.74) is 5.53. The van der Waals surface area contributed by atoms with Crippen LogP contribution in [-0.2, 0) is 9.47 Å². The number of aryl methyl sites for hydroxylation is 1. The molecule has 1 saturated heterocycles. The minimum atomic E-state index is -0.348. The van der Waals surface area contributed by atoms with Crippen LogP contribution >= 0.6 is 0 Å². The lowest BCUT2D eigenvalue weighted by atomic mass is 10.2. The molecule has 3 aromatic rings. The van der Waals surface area contributed by atoms with Crippen molar-refractivity contribution in [3.05, 3.63) is 77.9 Å². The van der Waals surface area contributed by atoms with Crippen molar-refractivity contribution in [1.82, 2.24) is 0 Å². The van der Waals surface area contributed by atoms with E-state index < -0.39 is 0 Å². The molecule has 1 fully saturated rings. The van der Waals surface area contributed by atoms with Crippen molar-refractivity contribution in [2.24, 2.45) is 20.5 Å². The first kappa shape index (κ1) is 23.3. The van der Waals surface area contributed by atoms with Gasteiger partial charge in [-0.3, -0.25) is 0 Å². The van der Waals surface area contributed by atoms with E-state index in [1.165, 1.54) is 5.69 Å². The number of morpholine rings is 1. The molecule has 0 saturated carbocycles. The van der Waals surface area contributed by atoms with Crippen LogP contribution in [0.5, 0.6) is 0 Å². The second-order valence-electron chi connectivity index (χ2n) is 7.75. The molecule has 8 nitrogen and oxygen atoms in total. The monoisotopic (exact) mass is 457 g/mol. The van der Waals surface area contributed by atoms with Gasteiger partial charge in [0.1, 0.15) is 0 Å². The number of carbonyl (C=O) groups excluding carboxylic acids is 1. The molecule has 1 aliphatic heterocycles. The maximum atomic E-state index is 11.7. The molecule has 0 unspecified atom stereocenters. The van der Waals surface area contributed by atoms with E-state index >= 15 is 0 Å². The lowest BCUT2D eigenvalue weighted by Crippen LogP contribution is -2.36. The van der Waals surface area contributed by atoms with Crippen LogP contribution in [-0.4, -0.2) is 38.9 Å². The highest BCUT2D eigenvalue weighted by molar-refractivity contribution is 5.89. The lowest BCUT2D eigenvalue weighted by Gasteiger charge is -2.28. The van der Waals surface area contributed by atoms with Crippen LogP contribution < -0.4 is 4.90 Å². The maximum Gasteiger partial charge on any atom is 0.338 e. The zero-order chi connectivity index (χ0) is 23.8. The van der Waals surface area contributed by atoms with Crippen LogP contribution in [0.2, 0.25) is 0 Å². The van der Waals surface area contributed by atoms with Gasteiger partial charge in [-0.2, -0.15) is 20.5 Å². The molecular formula is C26H27N5O3. The Morgan fingerprint density at radius 3 is 2.09 bits per heavy atom. The van der Waals surface area contributed by atoms with Crippen LogP contribution in [0.25, 0.3) is 0 Å². The summed E-state index contributed by atoms with van der Waals surface area (Å²) in [6, 6.07) is 20.5. The van der Waals surface area contributed by atoms with Crippen LogP contribution in [0.4, 0.5) is 28.4 Å². The van der Waals surface area contributed by atoms with E-state index in [2.05, 4.69) is 37.5 Å². The van der Waals surface area contributed by atoms with Gasteiger partial charge in [-0.25, -0.2) is 4.79 Å². The number of ether oxygens (including phenoxy) is 2. The third-order valence-corrected chi connectivity index (χ3v) is 5.34. The fourth-order valence-electron chi connectivity index (χ4n) is 3.47. The van der Waals surface area contributed by atoms with Gasteiger partial charge in [0.2, 0.25) is 0 Å². The number of carbonyl (C=O) groups is 1. The highest BCUT2D eigenvalue weighted by Gasteiger charge is 2.10. The molecule has 8 heteroatoms. The molecule has 0 bridgehead atoms.